The van der Waals surface area contributed by atoms with Crippen LogP contribution in [0.25, 0.3) is 11.3 Å². The Kier molecular flexibility index (Phi) is 5.99. The highest BCUT2D eigenvalue weighted by Crippen LogP contribution is 2.30. The van der Waals surface area contributed by atoms with Crippen LogP contribution in [0.2, 0.25) is 10.0 Å². The summed E-state index contributed by atoms with van der Waals surface area (Å²) >= 11 is 12.1. The first-order valence-corrected chi connectivity index (χ1v) is 9.17. The fourth-order valence-electron chi connectivity index (χ4n) is 3.05. The Morgan fingerprint density at radius 2 is 2.28 bits per heavy atom. The van der Waals surface area contributed by atoms with E-state index in [-0.39, 0.29) is 5.91 Å². The number of piperidine rings is 1. The molecule has 0 saturated carbocycles. The SMILES string of the molecule is CNC1CCCN(C(=O)CCc2ncc(-c3ccc(Cl)cc3Cl)o2)C1. The lowest BCUT2D eigenvalue weighted by Gasteiger charge is -2.32. The molecule has 25 heavy (non-hydrogen) atoms. The van der Waals surface area contributed by atoms with Crippen molar-refractivity contribution in [3.8, 4) is 11.3 Å². The zero-order valence-electron chi connectivity index (χ0n) is 14.1. The third kappa shape index (κ3) is 4.54. The number of rotatable bonds is 5. The van der Waals surface area contributed by atoms with E-state index in [2.05, 4.69) is 10.3 Å². The number of nitrogens with one attached hydrogen (secondary N) is 1. The molecule has 1 aromatic carbocycles. The van der Waals surface area contributed by atoms with Crippen molar-refractivity contribution in [1.29, 1.82) is 0 Å². The standard InChI is InChI=1S/C18H21Cl2N3O2/c1-21-13-3-2-8-23(11-13)18(24)7-6-17-22-10-16(25-17)14-5-4-12(19)9-15(14)20/h4-5,9-10,13,21H,2-3,6-8,11H2,1H3. The van der Waals surface area contributed by atoms with Crippen molar-refractivity contribution in [2.24, 2.45) is 0 Å². The fraction of sp³-hybridized carbons (Fsp3) is 0.444. The quantitative estimate of drug-likeness (QED) is 0.855. The smallest absolute Gasteiger partial charge is 0.223 e. The van der Waals surface area contributed by atoms with Crippen molar-refractivity contribution in [2.75, 3.05) is 20.1 Å². The Hall–Kier alpha value is -1.56. The van der Waals surface area contributed by atoms with Gasteiger partial charge in [0.15, 0.2) is 11.7 Å². The molecule has 134 valence electrons. The van der Waals surface area contributed by atoms with Gasteiger partial charge in [0.2, 0.25) is 5.91 Å². The summed E-state index contributed by atoms with van der Waals surface area (Å²) in [5, 5.41) is 4.33. The molecule has 0 radical (unpaired) electrons. The van der Waals surface area contributed by atoms with Crippen LogP contribution in [0, 0.1) is 0 Å². The van der Waals surface area contributed by atoms with Gasteiger partial charge in [-0.1, -0.05) is 23.2 Å². The van der Waals surface area contributed by atoms with E-state index < -0.39 is 0 Å². The number of aryl methyl sites for hydroxylation is 1. The van der Waals surface area contributed by atoms with E-state index in [0.29, 0.717) is 40.6 Å². The molecule has 1 atom stereocenters. The van der Waals surface area contributed by atoms with Crippen molar-refractivity contribution >= 4 is 29.1 Å². The number of amides is 1. The minimum absolute atomic E-state index is 0.143. The second kappa shape index (κ2) is 8.21. The van der Waals surface area contributed by atoms with E-state index in [0.717, 1.165) is 31.5 Å². The highest BCUT2D eigenvalue weighted by molar-refractivity contribution is 6.36. The molecular weight excluding hydrogens is 361 g/mol. The van der Waals surface area contributed by atoms with E-state index in [1.165, 1.54) is 0 Å². The molecule has 2 aromatic rings. The molecule has 0 bridgehead atoms. The summed E-state index contributed by atoms with van der Waals surface area (Å²) in [6, 6.07) is 5.60. The summed E-state index contributed by atoms with van der Waals surface area (Å²) in [5.74, 6) is 1.26. The highest BCUT2D eigenvalue weighted by atomic mass is 35.5. The summed E-state index contributed by atoms with van der Waals surface area (Å²) in [6.07, 6.45) is 4.66. The van der Waals surface area contributed by atoms with Gasteiger partial charge < -0.3 is 14.6 Å². The largest absolute Gasteiger partial charge is 0.441 e. The minimum atomic E-state index is 0.143. The number of oxazole rings is 1. The summed E-state index contributed by atoms with van der Waals surface area (Å²) in [6.45, 7) is 1.60. The molecule has 3 rings (SSSR count). The summed E-state index contributed by atoms with van der Waals surface area (Å²) < 4.78 is 5.75. The average molecular weight is 382 g/mol. The highest BCUT2D eigenvalue weighted by Gasteiger charge is 2.22. The van der Waals surface area contributed by atoms with Crippen LogP contribution in [0.3, 0.4) is 0 Å². The van der Waals surface area contributed by atoms with Gasteiger partial charge in [0, 0.05) is 42.6 Å². The van der Waals surface area contributed by atoms with Crippen molar-refractivity contribution in [3.63, 3.8) is 0 Å². The first-order valence-electron chi connectivity index (χ1n) is 8.42. The molecule has 1 saturated heterocycles. The number of hydrogen-bond donors (Lipinski definition) is 1. The molecule has 0 spiro atoms. The van der Waals surface area contributed by atoms with Gasteiger partial charge in [-0.2, -0.15) is 0 Å². The molecule has 5 nitrogen and oxygen atoms in total. The first-order chi connectivity index (χ1) is 12.1. The molecular formula is C18H21Cl2N3O2. The number of carbonyl (C=O) groups excluding carboxylic acids is 1. The lowest BCUT2D eigenvalue weighted by atomic mass is 10.1. The van der Waals surface area contributed by atoms with Gasteiger partial charge >= 0.3 is 0 Å². The number of halogens is 2. The molecule has 1 aliphatic heterocycles. The first kappa shape index (κ1) is 18.2. The lowest BCUT2D eigenvalue weighted by Crippen LogP contribution is -2.47. The number of hydrogen-bond acceptors (Lipinski definition) is 4. The van der Waals surface area contributed by atoms with Crippen LogP contribution in [-0.2, 0) is 11.2 Å². The van der Waals surface area contributed by atoms with Crippen LogP contribution in [0.1, 0.15) is 25.2 Å². The number of aromatic nitrogens is 1. The Labute approximate surface area is 157 Å². The monoisotopic (exact) mass is 381 g/mol. The maximum Gasteiger partial charge on any atom is 0.223 e. The number of carbonyl (C=O) groups is 1. The Morgan fingerprint density at radius 3 is 3.04 bits per heavy atom. The second-order valence-electron chi connectivity index (χ2n) is 6.21. The summed E-state index contributed by atoms with van der Waals surface area (Å²) in [5.41, 5.74) is 0.740. The molecule has 0 aliphatic carbocycles. The van der Waals surface area contributed by atoms with Crippen molar-refractivity contribution in [3.05, 3.63) is 40.3 Å². The molecule has 1 unspecified atom stereocenters. The average Bonchev–Trinajstić information content (AvgIpc) is 3.08. The van der Waals surface area contributed by atoms with Crippen molar-refractivity contribution in [1.82, 2.24) is 15.2 Å². The van der Waals surface area contributed by atoms with Gasteiger partial charge in [0.05, 0.1) is 11.2 Å². The maximum absolute atomic E-state index is 12.4. The number of likely N-dealkylation sites (N-methyl/N-ethyl adjacent to an activating group) is 1. The Bertz CT molecular complexity index is 748. The summed E-state index contributed by atoms with van der Waals surface area (Å²) in [4.78, 5) is 18.6. The van der Waals surface area contributed by atoms with E-state index in [4.69, 9.17) is 27.6 Å². The predicted octanol–water partition coefficient (Wildman–Crippen LogP) is 3.79. The number of likely N-dealkylation sites (tertiary alicyclic amines) is 1. The topological polar surface area (TPSA) is 58.4 Å². The molecule has 7 heteroatoms. The van der Waals surface area contributed by atoms with Crippen LogP contribution < -0.4 is 5.32 Å². The van der Waals surface area contributed by atoms with Crippen LogP contribution in [0.4, 0.5) is 0 Å². The van der Waals surface area contributed by atoms with Gasteiger partial charge in [-0.25, -0.2) is 4.98 Å². The van der Waals surface area contributed by atoms with E-state index in [9.17, 15) is 4.79 Å². The van der Waals surface area contributed by atoms with Gasteiger partial charge in [-0.3, -0.25) is 4.79 Å². The van der Waals surface area contributed by atoms with Crippen LogP contribution >= 0.6 is 23.2 Å². The van der Waals surface area contributed by atoms with Gasteiger partial charge in [-0.05, 0) is 38.1 Å². The zero-order chi connectivity index (χ0) is 17.8. The van der Waals surface area contributed by atoms with Gasteiger partial charge in [0.25, 0.3) is 0 Å². The predicted molar refractivity (Wildman–Crippen MR) is 98.9 cm³/mol. The molecule has 2 heterocycles. The normalized spacial score (nSPS) is 17.7. The van der Waals surface area contributed by atoms with E-state index in [1.54, 1.807) is 24.4 Å². The van der Waals surface area contributed by atoms with Crippen molar-refractivity contribution < 1.29 is 9.21 Å². The molecule has 1 fully saturated rings. The summed E-state index contributed by atoms with van der Waals surface area (Å²) in [7, 11) is 1.94. The lowest BCUT2D eigenvalue weighted by molar-refractivity contribution is -0.132. The molecule has 1 aliphatic rings. The maximum atomic E-state index is 12.4. The van der Waals surface area contributed by atoms with E-state index in [1.807, 2.05) is 11.9 Å². The van der Waals surface area contributed by atoms with Crippen LogP contribution in [0.15, 0.2) is 28.8 Å². The Balaban J connectivity index is 1.59. The van der Waals surface area contributed by atoms with Gasteiger partial charge in [-0.15, -0.1) is 0 Å². The zero-order valence-corrected chi connectivity index (χ0v) is 15.6. The molecule has 1 N–H and O–H groups in total. The van der Waals surface area contributed by atoms with Crippen LogP contribution in [-0.4, -0.2) is 42.0 Å². The third-order valence-corrected chi connectivity index (χ3v) is 5.03. The number of nitrogens with zero attached hydrogens (tertiary/aromatic N) is 2. The van der Waals surface area contributed by atoms with Crippen LogP contribution in [0.5, 0.6) is 0 Å². The second-order valence-corrected chi connectivity index (χ2v) is 7.05. The molecule has 1 amide bonds. The third-order valence-electron chi connectivity index (χ3n) is 4.49. The van der Waals surface area contributed by atoms with E-state index >= 15 is 0 Å². The number of benzene rings is 1. The fourth-order valence-corrected chi connectivity index (χ4v) is 3.55. The Morgan fingerprint density at radius 1 is 1.44 bits per heavy atom. The minimum Gasteiger partial charge on any atom is -0.441 e. The van der Waals surface area contributed by atoms with Crippen molar-refractivity contribution in [2.45, 2.75) is 31.7 Å². The van der Waals surface area contributed by atoms with Gasteiger partial charge in [0.1, 0.15) is 0 Å². The molecule has 1 aromatic heterocycles.